The summed E-state index contributed by atoms with van der Waals surface area (Å²) in [5.41, 5.74) is 2.82. The zero-order chi connectivity index (χ0) is 96.8. The van der Waals surface area contributed by atoms with Crippen LogP contribution in [0.15, 0.2) is 116 Å². The van der Waals surface area contributed by atoms with Crippen molar-refractivity contribution in [3.63, 3.8) is 0 Å². The number of halogens is 13. The van der Waals surface area contributed by atoms with Crippen molar-refractivity contribution in [2.45, 2.75) is 198 Å². The molecule has 11 aromatic rings. The molecule has 42 heteroatoms. The number of nitrogens with one attached hydrogen (secondary N) is 5. The fourth-order valence-electron chi connectivity index (χ4n) is 21.0. The predicted octanol–water partition coefficient (Wildman–Crippen LogP) is 16.7. The number of amides is 9. The van der Waals surface area contributed by atoms with Crippen molar-refractivity contribution in [3.8, 4) is 0 Å². The van der Waals surface area contributed by atoms with E-state index in [-0.39, 0.29) is 133 Å². The third kappa shape index (κ3) is 19.5. The number of carbonyl (C=O) groups is 9. The Balaban J connectivity index is 0.000000127. The van der Waals surface area contributed by atoms with Crippen LogP contribution in [0.5, 0.6) is 0 Å². The molecule has 4 aliphatic carbocycles. The maximum Gasteiger partial charge on any atom is 0.275 e. The molecule has 137 heavy (non-hydrogen) atoms. The summed E-state index contributed by atoms with van der Waals surface area (Å²) in [4.78, 5) is 145. The topological polar surface area (TPSA) is 337 Å². The van der Waals surface area contributed by atoms with Gasteiger partial charge in [-0.3, -0.25) is 43.2 Å². The van der Waals surface area contributed by atoms with Crippen LogP contribution in [-0.2, 0) is 19.2 Å². The molecule has 9 fully saturated rings. The molecule has 7 aromatic heterocycles. The second kappa shape index (κ2) is 39.7. The van der Waals surface area contributed by atoms with Crippen LogP contribution in [0.4, 0.5) is 62.3 Å². The summed E-state index contributed by atoms with van der Waals surface area (Å²) >= 11 is 24.6. The number of H-pyrrole nitrogens is 1. The number of alkyl halides is 1. The minimum Gasteiger partial charge on any atom is -0.349 e. The number of carbonyl (C=O) groups excluding carboxylic acids is 9. The molecule has 29 nitrogen and oxygen atoms in total. The van der Waals surface area contributed by atoms with Gasteiger partial charge in [0, 0.05) is 126 Å². The average Bonchev–Trinajstić information content (AvgIpc) is 1.47. The molecule has 5 saturated heterocycles. The number of nitrogens with zero attached hydrogens (tertiary/aromatic N) is 15. The molecule has 9 amide bonds. The number of anilines is 4. The lowest BCUT2D eigenvalue weighted by Crippen LogP contribution is -2.53. The number of aromatic amines is 1. The highest BCUT2D eigenvalue weighted by Gasteiger charge is 2.52. The third-order valence-corrected chi connectivity index (χ3v) is 29.6. The first-order valence-corrected chi connectivity index (χ1v) is 47.1. The molecule has 4 saturated carbocycles. The van der Waals surface area contributed by atoms with Crippen molar-refractivity contribution < 1.29 is 82.7 Å². The largest absolute Gasteiger partial charge is 0.349 e. The van der Waals surface area contributed by atoms with Gasteiger partial charge in [-0.2, -0.15) is 15.3 Å². The van der Waals surface area contributed by atoms with Crippen LogP contribution in [0.3, 0.4) is 0 Å². The van der Waals surface area contributed by atoms with Crippen LogP contribution in [0, 0.1) is 82.0 Å². The highest BCUT2D eigenvalue weighted by atomic mass is 35.5. The Morgan fingerprint density at radius 3 is 1.21 bits per heavy atom. The molecule has 0 bridgehead atoms. The first-order valence-electron chi connectivity index (χ1n) is 45.6. The van der Waals surface area contributed by atoms with Crippen LogP contribution in [-0.4, -0.2) is 181 Å². The van der Waals surface area contributed by atoms with Crippen molar-refractivity contribution in [3.05, 3.63) is 223 Å². The second-order valence-corrected chi connectivity index (χ2v) is 38.5. The smallest absolute Gasteiger partial charge is 0.275 e. The van der Waals surface area contributed by atoms with Gasteiger partial charge in [0.2, 0.25) is 23.6 Å². The molecule has 5 N–H and O–H groups in total. The van der Waals surface area contributed by atoms with Gasteiger partial charge in [0.15, 0.2) is 69.2 Å². The summed E-state index contributed by atoms with van der Waals surface area (Å²) in [5.74, 6) is -10.6. The Hall–Kier alpha value is -12.3. The van der Waals surface area contributed by atoms with E-state index in [1.807, 2.05) is 19.9 Å². The number of aryl methyl sites for hydroxylation is 2. The number of likely N-dealkylation sites (tertiary alicyclic amines) is 1. The minimum absolute atomic E-state index is 0.0156. The van der Waals surface area contributed by atoms with E-state index in [2.05, 4.69) is 61.5 Å². The summed E-state index contributed by atoms with van der Waals surface area (Å²) in [6, 6.07) is 14.2. The number of hydrogen-bond acceptors (Lipinski definition) is 16. The lowest BCUT2D eigenvalue weighted by Gasteiger charge is -2.45. The molecule has 720 valence electrons. The lowest BCUT2D eigenvalue weighted by atomic mass is 9.67. The molecule has 20 rings (SSSR count). The Bertz CT molecular complexity index is 6370. The number of fused-ring (bicyclic) bond motifs is 3. The van der Waals surface area contributed by atoms with E-state index in [9.17, 15) is 82.7 Å². The first-order chi connectivity index (χ1) is 65.6. The van der Waals surface area contributed by atoms with Crippen LogP contribution in [0.1, 0.15) is 218 Å². The molecule has 4 spiro atoms. The molecular weight excluding hydrogens is 1880 g/mol. The number of hydrogen-bond donors (Lipinski definition) is 5. The standard InChI is InChI=1S/C25H26ClF2N5O2.C24H25ClF3N5O3.2C23H22ClF2N5O2/c1-14-10-15(2)33-22(30-14)17(13-29-33)23(34)31-16-4-7-25(8-5-16)6-3-9-32(24(25)35)21-12-20(28)19(27)11-18(21)26;25-15-8-16(27)17(28)9-18(15)33-7-1-4-24(23(33)36)5-2-14(3-6-24)31-21(34)19-20(30-12-29-19)22(35)32-10-13(26)11-32;24-16-11-17(25)18(26)12-19(16)30-9-1-5-23(22(30)33)6-3-14(4-7-23)29-21(32)15-13-28-31-10-2-8-27-20(15)31;24-15-11-16(25)17(26)12-18(15)30-10-2-6-23(22(30)33)7-4-14(5-8-23)29-21(32)19-13-27-20-3-1-9-28-31(19)20/h10-13,16H,3-9H2,1-2H3,(H,31,34);8-9,12-14H,1-7,10-11H2,(H,29,30)(H,31,34);2,8,10-14H,1,3-7,9H2,(H,29,32);1,3,9,11-14H,2,4-8,10H2,(H,29,32). The first kappa shape index (κ1) is 96.4. The fraction of sp³-hybridized carbons (Fsp3) is 0.432. The maximum absolute atomic E-state index is 13.9. The highest BCUT2D eigenvalue weighted by Crippen LogP contribution is 2.52. The van der Waals surface area contributed by atoms with E-state index in [1.54, 1.807) is 45.8 Å². The van der Waals surface area contributed by atoms with Crippen LogP contribution < -0.4 is 40.9 Å². The number of rotatable bonds is 13. The molecule has 5 aliphatic heterocycles. The Labute approximate surface area is 798 Å². The highest BCUT2D eigenvalue weighted by molar-refractivity contribution is 6.35. The summed E-state index contributed by atoms with van der Waals surface area (Å²) in [6.45, 7) is 5.35. The molecule has 0 unspecified atom stereocenters. The molecule has 12 heterocycles. The van der Waals surface area contributed by atoms with Crippen LogP contribution in [0.25, 0.3) is 16.9 Å². The monoisotopic (exact) mass is 1970 g/mol. The number of benzene rings is 4. The zero-order valence-corrected chi connectivity index (χ0v) is 77.4. The summed E-state index contributed by atoms with van der Waals surface area (Å²) in [7, 11) is 0. The van der Waals surface area contributed by atoms with E-state index in [0.717, 1.165) is 98.4 Å². The molecule has 9 aliphatic rings. The molecule has 4 aromatic carbocycles. The van der Waals surface area contributed by atoms with Gasteiger partial charge in [0.25, 0.3) is 29.5 Å². The van der Waals surface area contributed by atoms with E-state index in [4.69, 9.17) is 46.4 Å². The van der Waals surface area contributed by atoms with Gasteiger partial charge in [-0.15, -0.1) is 0 Å². The zero-order valence-electron chi connectivity index (χ0n) is 74.4. The van der Waals surface area contributed by atoms with E-state index < -0.39 is 86.2 Å². The lowest BCUT2D eigenvalue weighted by molar-refractivity contribution is -0.133. The summed E-state index contributed by atoms with van der Waals surface area (Å²) < 4.78 is 127. The fourth-order valence-corrected chi connectivity index (χ4v) is 22.0. The number of piperidine rings is 4. The van der Waals surface area contributed by atoms with Gasteiger partial charge in [0.05, 0.1) is 80.8 Å². The van der Waals surface area contributed by atoms with Gasteiger partial charge in [-0.05, 0) is 216 Å². The van der Waals surface area contributed by atoms with E-state index >= 15 is 0 Å². The Morgan fingerprint density at radius 2 is 0.803 bits per heavy atom. The van der Waals surface area contributed by atoms with Crippen LogP contribution in [0.2, 0.25) is 20.1 Å². The third-order valence-electron chi connectivity index (χ3n) is 28.4. The van der Waals surface area contributed by atoms with E-state index in [1.165, 1.54) is 53.9 Å². The number of imidazole rings is 2. The average molecular weight is 1970 g/mol. The molecule has 0 atom stereocenters. The molecular formula is C95H95Cl4F9N20O9. The van der Waals surface area contributed by atoms with Crippen molar-refractivity contribution in [2.75, 3.05) is 58.9 Å². The Kier molecular flexibility index (Phi) is 27.9. The summed E-state index contributed by atoms with van der Waals surface area (Å²) in [5, 5.41) is 24.7. The van der Waals surface area contributed by atoms with Crippen molar-refractivity contribution in [2.24, 2.45) is 21.7 Å². The van der Waals surface area contributed by atoms with Gasteiger partial charge in [-0.1, -0.05) is 46.4 Å². The van der Waals surface area contributed by atoms with Crippen molar-refractivity contribution in [1.29, 1.82) is 0 Å². The van der Waals surface area contributed by atoms with Gasteiger partial charge >= 0.3 is 0 Å². The number of aromatic nitrogens is 11. The Morgan fingerprint density at radius 1 is 0.423 bits per heavy atom. The van der Waals surface area contributed by atoms with Crippen molar-refractivity contribution in [1.82, 2.24) is 79.9 Å². The summed E-state index contributed by atoms with van der Waals surface area (Å²) in [6.07, 6.45) is 24.9. The minimum atomic E-state index is -1.07. The van der Waals surface area contributed by atoms with Gasteiger partial charge < -0.3 is 50.8 Å². The van der Waals surface area contributed by atoms with Gasteiger partial charge in [-0.25, -0.2) is 73.0 Å². The van der Waals surface area contributed by atoms with Gasteiger partial charge in [0.1, 0.15) is 28.7 Å². The quantitative estimate of drug-likeness (QED) is 0.0529. The SMILES string of the molecule is Cc1cc(C)n2ncc(C(=O)NC3CCC4(CCCN(c5cc(F)c(F)cc5Cl)C4=O)CC3)c2n1.O=C(NC1CCC2(CCCN(c3cc(F)c(F)cc3Cl)C2=O)CC1)c1[nH]cnc1C(=O)N1CC(F)C1.O=C(NC1CCC2(CCCN(c3cc(F)c(F)cc3Cl)C2=O)CC1)c1cnc2cccnn12.O=C(NC1CCC2(CCCN(c3cc(F)c(F)cc3Cl)C2=O)CC1)c1cnn2cccnc12. The predicted molar refractivity (Wildman–Crippen MR) is 488 cm³/mol. The maximum atomic E-state index is 13.9. The van der Waals surface area contributed by atoms with E-state index in [0.29, 0.717) is 176 Å². The molecule has 0 radical (unpaired) electrons. The van der Waals surface area contributed by atoms with Crippen LogP contribution >= 0.6 is 46.4 Å². The second-order valence-electron chi connectivity index (χ2n) is 36.9. The normalized spacial score (nSPS) is 23.5. The van der Waals surface area contributed by atoms with Crippen molar-refractivity contribution >= 4 is 139 Å².